The molecule has 1 amide bonds. The molecule has 1 fully saturated rings. The molecule has 0 aromatic heterocycles. The van der Waals surface area contributed by atoms with Crippen molar-refractivity contribution in [2.75, 3.05) is 0 Å². The Morgan fingerprint density at radius 3 is 2.61 bits per heavy atom. The Bertz CT molecular complexity index is 294. The molecule has 104 valence electrons. The van der Waals surface area contributed by atoms with Gasteiger partial charge in [-0.25, -0.2) is 4.79 Å². The molecule has 2 unspecified atom stereocenters. The van der Waals surface area contributed by atoms with Crippen molar-refractivity contribution in [3.05, 3.63) is 0 Å². The summed E-state index contributed by atoms with van der Waals surface area (Å²) in [6.07, 6.45) is 5.97. The normalized spacial score (nSPS) is 26.1. The second kappa shape index (κ2) is 7.36. The Balaban J connectivity index is 2.58. The maximum absolute atomic E-state index is 12.1. The minimum absolute atomic E-state index is 0.136. The molecule has 0 aromatic carbocycles. The van der Waals surface area contributed by atoms with Crippen LogP contribution >= 0.6 is 0 Å². The van der Waals surface area contributed by atoms with E-state index in [1.807, 2.05) is 6.92 Å². The molecular formula is C13H24N2O3. The van der Waals surface area contributed by atoms with Crippen molar-refractivity contribution >= 4 is 11.9 Å². The van der Waals surface area contributed by atoms with Crippen LogP contribution < -0.4 is 11.1 Å². The average molecular weight is 256 g/mol. The van der Waals surface area contributed by atoms with Gasteiger partial charge in [0.15, 0.2) is 0 Å². The van der Waals surface area contributed by atoms with Crippen LogP contribution in [-0.2, 0) is 9.59 Å². The summed E-state index contributed by atoms with van der Waals surface area (Å²) in [6, 6.07) is -0.915. The van der Waals surface area contributed by atoms with Gasteiger partial charge in [0.1, 0.15) is 6.04 Å². The number of aliphatic carboxylic acids is 1. The number of rotatable bonds is 5. The van der Waals surface area contributed by atoms with E-state index in [0.29, 0.717) is 6.42 Å². The summed E-state index contributed by atoms with van der Waals surface area (Å²) < 4.78 is 0. The first kappa shape index (κ1) is 15.0. The Kier molecular flexibility index (Phi) is 6.12. The molecule has 4 N–H and O–H groups in total. The van der Waals surface area contributed by atoms with Gasteiger partial charge in [0, 0.05) is 6.04 Å². The van der Waals surface area contributed by atoms with E-state index in [-0.39, 0.29) is 17.9 Å². The summed E-state index contributed by atoms with van der Waals surface area (Å²) in [5.41, 5.74) is 6.00. The van der Waals surface area contributed by atoms with Crippen LogP contribution in [0.2, 0.25) is 0 Å². The first-order valence-corrected chi connectivity index (χ1v) is 6.85. The first-order chi connectivity index (χ1) is 8.56. The number of amides is 1. The van der Waals surface area contributed by atoms with Gasteiger partial charge < -0.3 is 16.2 Å². The van der Waals surface area contributed by atoms with Crippen molar-refractivity contribution < 1.29 is 14.7 Å². The zero-order valence-electron chi connectivity index (χ0n) is 11.0. The number of carbonyl (C=O) groups is 2. The minimum Gasteiger partial charge on any atom is -0.480 e. The van der Waals surface area contributed by atoms with Crippen molar-refractivity contribution in [1.29, 1.82) is 0 Å². The van der Waals surface area contributed by atoms with E-state index in [2.05, 4.69) is 5.32 Å². The van der Waals surface area contributed by atoms with Crippen LogP contribution in [0.15, 0.2) is 0 Å². The van der Waals surface area contributed by atoms with Crippen molar-refractivity contribution in [3.63, 3.8) is 0 Å². The van der Waals surface area contributed by atoms with E-state index in [4.69, 9.17) is 10.8 Å². The molecule has 0 aromatic rings. The molecule has 0 spiro atoms. The quantitative estimate of drug-likeness (QED) is 0.646. The van der Waals surface area contributed by atoms with Crippen LogP contribution in [0.1, 0.15) is 51.9 Å². The summed E-state index contributed by atoms with van der Waals surface area (Å²) in [6.45, 7) is 1.90. The standard InChI is InChI=1S/C13H24N2O3/c1-2-6-11(13(17)18)15-12(16)9-7-4-3-5-8-10(9)14/h9-11H,2-8,14H2,1H3,(H,15,16)(H,17,18)/t9?,10?,11-/m1/s1. The predicted molar refractivity (Wildman–Crippen MR) is 69.0 cm³/mol. The van der Waals surface area contributed by atoms with E-state index in [9.17, 15) is 9.59 Å². The smallest absolute Gasteiger partial charge is 0.326 e. The third-order valence-corrected chi connectivity index (χ3v) is 3.60. The van der Waals surface area contributed by atoms with Crippen molar-refractivity contribution in [2.45, 2.75) is 64.0 Å². The van der Waals surface area contributed by atoms with Gasteiger partial charge in [-0.2, -0.15) is 0 Å². The lowest BCUT2D eigenvalue weighted by Crippen LogP contribution is -2.47. The van der Waals surface area contributed by atoms with Gasteiger partial charge in [0.25, 0.3) is 0 Å². The second-order valence-corrected chi connectivity index (χ2v) is 5.10. The number of hydrogen-bond acceptors (Lipinski definition) is 3. The molecule has 0 saturated heterocycles. The summed E-state index contributed by atoms with van der Waals surface area (Å²) in [7, 11) is 0. The molecular weight excluding hydrogens is 232 g/mol. The maximum atomic E-state index is 12.1. The highest BCUT2D eigenvalue weighted by Gasteiger charge is 2.29. The molecule has 1 aliphatic carbocycles. The van der Waals surface area contributed by atoms with E-state index >= 15 is 0 Å². The van der Waals surface area contributed by atoms with Crippen molar-refractivity contribution in [2.24, 2.45) is 11.7 Å². The summed E-state index contributed by atoms with van der Waals surface area (Å²) in [5.74, 6) is -1.39. The summed E-state index contributed by atoms with van der Waals surface area (Å²) in [5, 5.41) is 11.7. The molecule has 1 rings (SSSR count). The third-order valence-electron chi connectivity index (χ3n) is 3.60. The van der Waals surface area contributed by atoms with E-state index in [1.54, 1.807) is 0 Å². The summed E-state index contributed by atoms with van der Waals surface area (Å²) >= 11 is 0. The van der Waals surface area contributed by atoms with E-state index in [1.165, 1.54) is 0 Å². The molecule has 3 atom stereocenters. The van der Waals surface area contributed by atoms with Gasteiger partial charge >= 0.3 is 5.97 Å². The van der Waals surface area contributed by atoms with Gasteiger partial charge in [-0.05, 0) is 19.3 Å². The average Bonchev–Trinajstić information content (AvgIpc) is 2.53. The number of nitrogens with two attached hydrogens (primary N) is 1. The van der Waals surface area contributed by atoms with Crippen molar-refractivity contribution in [3.8, 4) is 0 Å². The highest BCUT2D eigenvalue weighted by Crippen LogP contribution is 2.22. The van der Waals surface area contributed by atoms with Crippen LogP contribution in [0, 0.1) is 5.92 Å². The lowest BCUT2D eigenvalue weighted by atomic mass is 9.94. The Hall–Kier alpha value is -1.10. The fraction of sp³-hybridized carbons (Fsp3) is 0.846. The fourth-order valence-electron chi connectivity index (χ4n) is 2.49. The second-order valence-electron chi connectivity index (χ2n) is 5.10. The van der Waals surface area contributed by atoms with Gasteiger partial charge in [0.2, 0.25) is 5.91 Å². The van der Waals surface area contributed by atoms with Crippen molar-refractivity contribution in [1.82, 2.24) is 5.32 Å². The lowest BCUT2D eigenvalue weighted by Gasteiger charge is -2.23. The molecule has 18 heavy (non-hydrogen) atoms. The number of carboxylic acids is 1. The predicted octanol–water partition coefficient (Wildman–Crippen LogP) is 1.26. The van der Waals surface area contributed by atoms with Gasteiger partial charge in [-0.1, -0.05) is 32.6 Å². The number of nitrogens with one attached hydrogen (secondary N) is 1. The van der Waals surface area contributed by atoms with Gasteiger partial charge in [-0.3, -0.25) is 4.79 Å². The van der Waals surface area contributed by atoms with Crippen LogP contribution in [0.4, 0.5) is 0 Å². The molecule has 0 radical (unpaired) electrons. The highest BCUT2D eigenvalue weighted by atomic mass is 16.4. The molecule has 0 bridgehead atoms. The highest BCUT2D eigenvalue weighted by molar-refractivity contribution is 5.85. The van der Waals surface area contributed by atoms with Crippen LogP contribution in [0.3, 0.4) is 0 Å². The number of carboxylic acid groups (broad SMARTS) is 1. The SMILES string of the molecule is CCC[C@@H](NC(=O)C1CCCCCC1N)C(=O)O. The monoisotopic (exact) mass is 256 g/mol. The van der Waals surface area contributed by atoms with Crippen LogP contribution in [-0.4, -0.2) is 29.1 Å². The van der Waals surface area contributed by atoms with E-state index < -0.39 is 12.0 Å². The number of hydrogen-bond donors (Lipinski definition) is 3. The van der Waals surface area contributed by atoms with Gasteiger partial charge in [0.05, 0.1) is 5.92 Å². The van der Waals surface area contributed by atoms with Gasteiger partial charge in [-0.15, -0.1) is 0 Å². The number of carbonyl (C=O) groups excluding carboxylic acids is 1. The molecule has 5 nitrogen and oxygen atoms in total. The lowest BCUT2D eigenvalue weighted by molar-refractivity contribution is -0.142. The fourth-order valence-corrected chi connectivity index (χ4v) is 2.49. The largest absolute Gasteiger partial charge is 0.480 e. The Labute approximate surface area is 108 Å². The zero-order valence-corrected chi connectivity index (χ0v) is 11.0. The van der Waals surface area contributed by atoms with Crippen LogP contribution in [0.25, 0.3) is 0 Å². The minimum atomic E-state index is -0.965. The zero-order chi connectivity index (χ0) is 13.5. The molecule has 0 heterocycles. The molecule has 1 aliphatic rings. The maximum Gasteiger partial charge on any atom is 0.326 e. The molecule has 0 aliphatic heterocycles. The third kappa shape index (κ3) is 4.29. The molecule has 1 saturated carbocycles. The molecule has 5 heteroatoms. The first-order valence-electron chi connectivity index (χ1n) is 6.85. The Morgan fingerprint density at radius 2 is 2.00 bits per heavy atom. The van der Waals surface area contributed by atoms with E-state index in [0.717, 1.165) is 38.5 Å². The van der Waals surface area contributed by atoms with Crippen LogP contribution in [0.5, 0.6) is 0 Å². The Morgan fingerprint density at radius 1 is 1.33 bits per heavy atom. The topological polar surface area (TPSA) is 92.4 Å². The summed E-state index contributed by atoms with van der Waals surface area (Å²) in [4.78, 5) is 23.1.